The topological polar surface area (TPSA) is 40.7 Å². The number of rotatable bonds is 3. The van der Waals surface area contributed by atoms with Gasteiger partial charge in [-0.1, -0.05) is 12.1 Å². The molecule has 1 aromatic carbocycles. The number of H-pyrrole nitrogens is 1. The minimum atomic E-state index is -0.216. The molecule has 0 aliphatic heterocycles. The van der Waals surface area contributed by atoms with Crippen molar-refractivity contribution < 1.29 is 4.39 Å². The highest BCUT2D eigenvalue weighted by atomic mass is 19.1. The van der Waals surface area contributed by atoms with Crippen LogP contribution in [0.5, 0.6) is 0 Å². The fourth-order valence-corrected chi connectivity index (χ4v) is 1.15. The molecule has 0 saturated carbocycles. The van der Waals surface area contributed by atoms with Crippen molar-refractivity contribution in [2.75, 3.05) is 5.32 Å². The van der Waals surface area contributed by atoms with E-state index in [-0.39, 0.29) is 5.82 Å². The molecule has 2 aromatic rings. The molecule has 0 unspecified atom stereocenters. The van der Waals surface area contributed by atoms with Crippen molar-refractivity contribution in [2.24, 2.45) is 0 Å². The predicted octanol–water partition coefficient (Wildman–Crippen LogP) is 2.16. The number of imidazole rings is 1. The highest BCUT2D eigenvalue weighted by Crippen LogP contribution is 2.04. The maximum Gasteiger partial charge on any atom is 0.200 e. The van der Waals surface area contributed by atoms with Gasteiger partial charge >= 0.3 is 0 Å². The van der Waals surface area contributed by atoms with Gasteiger partial charge < -0.3 is 10.3 Å². The van der Waals surface area contributed by atoms with Gasteiger partial charge in [0.1, 0.15) is 5.82 Å². The van der Waals surface area contributed by atoms with Crippen molar-refractivity contribution in [2.45, 2.75) is 6.54 Å². The molecule has 72 valence electrons. The van der Waals surface area contributed by atoms with E-state index >= 15 is 0 Å². The number of halogens is 1. The monoisotopic (exact) mass is 191 g/mol. The Kier molecular flexibility index (Phi) is 2.44. The quantitative estimate of drug-likeness (QED) is 0.780. The first-order valence-corrected chi connectivity index (χ1v) is 4.32. The van der Waals surface area contributed by atoms with Gasteiger partial charge in [0.2, 0.25) is 0 Å². The van der Waals surface area contributed by atoms with Gasteiger partial charge in [-0.15, -0.1) is 0 Å². The van der Waals surface area contributed by atoms with E-state index in [4.69, 9.17) is 0 Å². The second-order valence-corrected chi connectivity index (χ2v) is 2.92. The third-order valence-corrected chi connectivity index (χ3v) is 1.87. The van der Waals surface area contributed by atoms with E-state index < -0.39 is 0 Å². The summed E-state index contributed by atoms with van der Waals surface area (Å²) in [7, 11) is 0. The average Bonchev–Trinajstić information content (AvgIpc) is 2.70. The van der Waals surface area contributed by atoms with Crippen LogP contribution in [0.25, 0.3) is 0 Å². The number of benzene rings is 1. The number of anilines is 1. The van der Waals surface area contributed by atoms with Gasteiger partial charge in [-0.3, -0.25) is 0 Å². The Morgan fingerprint density at radius 1 is 1.29 bits per heavy atom. The summed E-state index contributed by atoms with van der Waals surface area (Å²) in [6.07, 6.45) is 3.42. The van der Waals surface area contributed by atoms with Crippen LogP contribution in [0.2, 0.25) is 0 Å². The third kappa shape index (κ3) is 2.10. The molecular formula is C10H10FN3. The van der Waals surface area contributed by atoms with Gasteiger partial charge in [0.05, 0.1) is 0 Å². The molecule has 2 rings (SSSR count). The first kappa shape index (κ1) is 8.74. The SMILES string of the molecule is Fc1ccc(CNc2ncc[nH]2)cc1. The van der Waals surface area contributed by atoms with Crippen LogP contribution in [0.15, 0.2) is 36.7 Å². The zero-order valence-electron chi connectivity index (χ0n) is 7.50. The molecule has 2 N–H and O–H groups in total. The number of nitrogens with zero attached hydrogens (tertiary/aromatic N) is 1. The second-order valence-electron chi connectivity index (χ2n) is 2.92. The molecule has 0 atom stereocenters. The van der Waals surface area contributed by atoms with Crippen LogP contribution < -0.4 is 5.32 Å². The van der Waals surface area contributed by atoms with Gasteiger partial charge in [-0.25, -0.2) is 9.37 Å². The summed E-state index contributed by atoms with van der Waals surface area (Å²) >= 11 is 0. The van der Waals surface area contributed by atoms with E-state index in [2.05, 4.69) is 15.3 Å². The van der Waals surface area contributed by atoms with Crippen LogP contribution >= 0.6 is 0 Å². The standard InChI is InChI=1S/C10H10FN3/c11-9-3-1-8(2-4-9)7-14-10-12-5-6-13-10/h1-6H,7H2,(H2,12,13,14). The highest BCUT2D eigenvalue weighted by Gasteiger charge is 1.95. The largest absolute Gasteiger partial charge is 0.352 e. The van der Waals surface area contributed by atoms with Gasteiger partial charge in [0.25, 0.3) is 0 Å². The zero-order chi connectivity index (χ0) is 9.80. The molecule has 1 aromatic heterocycles. The molecule has 0 radical (unpaired) electrons. The number of nitrogens with one attached hydrogen (secondary N) is 2. The lowest BCUT2D eigenvalue weighted by atomic mass is 10.2. The van der Waals surface area contributed by atoms with Crippen molar-refractivity contribution in [1.29, 1.82) is 0 Å². The molecule has 0 aliphatic rings. The Bertz CT molecular complexity index is 380. The lowest BCUT2D eigenvalue weighted by Crippen LogP contribution is -2.00. The molecule has 3 nitrogen and oxygen atoms in total. The Morgan fingerprint density at radius 2 is 2.07 bits per heavy atom. The van der Waals surface area contributed by atoms with Gasteiger partial charge in [0.15, 0.2) is 5.95 Å². The fourth-order valence-electron chi connectivity index (χ4n) is 1.15. The molecule has 0 fully saturated rings. The summed E-state index contributed by atoms with van der Waals surface area (Å²) < 4.78 is 12.6. The summed E-state index contributed by atoms with van der Waals surface area (Å²) in [5, 5.41) is 3.07. The van der Waals surface area contributed by atoms with Crippen LogP contribution in [-0.2, 0) is 6.54 Å². The van der Waals surface area contributed by atoms with Gasteiger partial charge in [0, 0.05) is 18.9 Å². The summed E-state index contributed by atoms with van der Waals surface area (Å²) in [4.78, 5) is 6.93. The van der Waals surface area contributed by atoms with E-state index in [9.17, 15) is 4.39 Å². The van der Waals surface area contributed by atoms with Gasteiger partial charge in [-0.2, -0.15) is 0 Å². The Labute approximate surface area is 81.0 Å². The van der Waals surface area contributed by atoms with E-state index in [0.717, 1.165) is 5.56 Å². The Balaban J connectivity index is 1.95. The summed E-state index contributed by atoms with van der Waals surface area (Å²) in [5.74, 6) is 0.501. The predicted molar refractivity (Wildman–Crippen MR) is 52.3 cm³/mol. The van der Waals surface area contributed by atoms with Crippen molar-refractivity contribution in [3.05, 3.63) is 48.0 Å². The normalized spacial score (nSPS) is 10.1. The van der Waals surface area contributed by atoms with Crippen LogP contribution in [0.4, 0.5) is 10.3 Å². The van der Waals surface area contributed by atoms with E-state index in [1.807, 2.05) is 0 Å². The number of hydrogen-bond acceptors (Lipinski definition) is 2. The van der Waals surface area contributed by atoms with Crippen molar-refractivity contribution in [3.63, 3.8) is 0 Å². The molecule has 0 spiro atoms. The van der Waals surface area contributed by atoms with Crippen molar-refractivity contribution in [3.8, 4) is 0 Å². The molecule has 14 heavy (non-hydrogen) atoms. The number of hydrogen-bond donors (Lipinski definition) is 2. The smallest absolute Gasteiger partial charge is 0.200 e. The van der Waals surface area contributed by atoms with E-state index in [1.165, 1.54) is 12.1 Å². The van der Waals surface area contributed by atoms with Gasteiger partial charge in [-0.05, 0) is 17.7 Å². The highest BCUT2D eigenvalue weighted by molar-refractivity contribution is 5.26. The molecule has 1 heterocycles. The summed E-state index contributed by atoms with van der Waals surface area (Å²) in [6, 6.07) is 6.37. The van der Waals surface area contributed by atoms with Crippen LogP contribution in [0.3, 0.4) is 0 Å². The lowest BCUT2D eigenvalue weighted by Gasteiger charge is -2.02. The first-order valence-electron chi connectivity index (χ1n) is 4.32. The van der Waals surface area contributed by atoms with Crippen LogP contribution in [0, 0.1) is 5.82 Å². The summed E-state index contributed by atoms with van der Waals surface area (Å²) in [5.41, 5.74) is 1.02. The zero-order valence-corrected chi connectivity index (χ0v) is 7.50. The average molecular weight is 191 g/mol. The molecule has 0 amide bonds. The molecule has 0 saturated heterocycles. The minimum absolute atomic E-state index is 0.216. The number of aromatic amines is 1. The molecular weight excluding hydrogens is 181 g/mol. The van der Waals surface area contributed by atoms with E-state index in [1.54, 1.807) is 24.5 Å². The molecule has 4 heteroatoms. The van der Waals surface area contributed by atoms with Crippen molar-refractivity contribution in [1.82, 2.24) is 9.97 Å². The Morgan fingerprint density at radius 3 is 2.71 bits per heavy atom. The first-order chi connectivity index (χ1) is 6.84. The lowest BCUT2D eigenvalue weighted by molar-refractivity contribution is 0.627. The molecule has 0 aliphatic carbocycles. The maximum atomic E-state index is 12.6. The molecule has 0 bridgehead atoms. The third-order valence-electron chi connectivity index (χ3n) is 1.87. The number of aromatic nitrogens is 2. The fraction of sp³-hybridized carbons (Fsp3) is 0.100. The maximum absolute atomic E-state index is 12.6. The minimum Gasteiger partial charge on any atom is -0.352 e. The summed E-state index contributed by atoms with van der Waals surface area (Å²) in [6.45, 7) is 0.633. The van der Waals surface area contributed by atoms with Crippen LogP contribution in [0.1, 0.15) is 5.56 Å². The van der Waals surface area contributed by atoms with Crippen LogP contribution in [-0.4, -0.2) is 9.97 Å². The second kappa shape index (κ2) is 3.91. The van der Waals surface area contributed by atoms with Crippen molar-refractivity contribution >= 4 is 5.95 Å². The Hall–Kier alpha value is -1.84. The van der Waals surface area contributed by atoms with E-state index in [0.29, 0.717) is 12.5 Å².